The first-order valence-electron chi connectivity index (χ1n) is 10.3. The van der Waals surface area contributed by atoms with E-state index in [4.69, 9.17) is 9.84 Å². The van der Waals surface area contributed by atoms with Crippen LogP contribution in [0, 0.1) is 5.92 Å². The van der Waals surface area contributed by atoms with E-state index in [9.17, 15) is 27.6 Å². The van der Waals surface area contributed by atoms with Gasteiger partial charge in [0.05, 0.1) is 12.3 Å². The maximum atomic E-state index is 13.4. The average molecular weight is 462 g/mol. The summed E-state index contributed by atoms with van der Waals surface area (Å²) in [6.45, 7) is -0.460. The standard InChI is InChI=1S/C23H21F3N2O5/c24-23(25,26)19(9-20(29)28-10-13(11-28)21(30)31)27-22(32)33-12-18-16-7-3-1-5-14(16)15-6-2-4-8-17(15)18/h1-8,13,18-19H,9-12H2,(H,27,32)(H,30,31). The second-order valence-corrected chi connectivity index (χ2v) is 8.10. The van der Waals surface area contributed by atoms with Crippen LogP contribution >= 0.6 is 0 Å². The van der Waals surface area contributed by atoms with Crippen molar-refractivity contribution < 1.29 is 37.4 Å². The first kappa shape index (κ1) is 22.6. The summed E-state index contributed by atoms with van der Waals surface area (Å²) >= 11 is 0. The van der Waals surface area contributed by atoms with Crippen molar-refractivity contribution in [3.8, 4) is 11.1 Å². The number of halogens is 3. The molecule has 2 N–H and O–H groups in total. The molecular formula is C23H21F3N2O5. The highest BCUT2D eigenvalue weighted by atomic mass is 19.4. The van der Waals surface area contributed by atoms with Gasteiger partial charge < -0.3 is 20.1 Å². The Morgan fingerprint density at radius 1 is 1.03 bits per heavy atom. The predicted molar refractivity (Wildman–Crippen MR) is 110 cm³/mol. The van der Waals surface area contributed by atoms with Crippen molar-refractivity contribution in [2.75, 3.05) is 19.7 Å². The number of aliphatic carboxylic acids is 1. The fourth-order valence-corrected chi connectivity index (χ4v) is 4.17. The molecule has 0 aromatic heterocycles. The number of alkyl carbamates (subject to hydrolysis) is 1. The molecule has 1 heterocycles. The highest BCUT2D eigenvalue weighted by molar-refractivity contribution is 5.82. The molecule has 0 radical (unpaired) electrons. The Balaban J connectivity index is 1.38. The Kier molecular flexibility index (Phi) is 6.01. The molecule has 1 unspecified atom stereocenters. The van der Waals surface area contributed by atoms with Gasteiger partial charge in [-0.3, -0.25) is 9.59 Å². The second-order valence-electron chi connectivity index (χ2n) is 8.10. The monoisotopic (exact) mass is 462 g/mol. The van der Waals surface area contributed by atoms with Crippen LogP contribution in [0.4, 0.5) is 18.0 Å². The number of benzene rings is 2. The lowest BCUT2D eigenvalue weighted by Crippen LogP contribution is -2.56. The van der Waals surface area contributed by atoms with E-state index in [1.54, 1.807) is 5.32 Å². The molecule has 33 heavy (non-hydrogen) atoms. The van der Waals surface area contributed by atoms with E-state index in [0.29, 0.717) is 0 Å². The summed E-state index contributed by atoms with van der Waals surface area (Å²) in [6.07, 6.45) is -7.18. The zero-order valence-corrected chi connectivity index (χ0v) is 17.3. The summed E-state index contributed by atoms with van der Waals surface area (Å²) in [6, 6.07) is 12.6. The molecule has 0 bridgehead atoms. The summed E-state index contributed by atoms with van der Waals surface area (Å²) in [5, 5.41) is 10.6. The van der Waals surface area contributed by atoms with Crippen molar-refractivity contribution in [3.05, 3.63) is 59.7 Å². The second kappa shape index (κ2) is 8.76. The number of likely N-dealkylation sites (tertiary alicyclic amines) is 1. The molecule has 1 aliphatic heterocycles. The molecular weight excluding hydrogens is 441 g/mol. The predicted octanol–water partition coefficient (Wildman–Crippen LogP) is 3.39. The number of carbonyl (C=O) groups excluding carboxylic acids is 2. The number of hydrogen-bond acceptors (Lipinski definition) is 4. The van der Waals surface area contributed by atoms with Crippen LogP contribution in [0.1, 0.15) is 23.5 Å². The first-order valence-corrected chi connectivity index (χ1v) is 10.3. The van der Waals surface area contributed by atoms with E-state index in [1.807, 2.05) is 48.5 Å². The lowest BCUT2D eigenvalue weighted by molar-refractivity contribution is -0.167. The molecule has 1 fully saturated rings. The van der Waals surface area contributed by atoms with Crippen LogP contribution in [-0.4, -0.2) is 59.9 Å². The molecule has 0 spiro atoms. The largest absolute Gasteiger partial charge is 0.481 e. The number of alkyl halides is 3. The Bertz CT molecular complexity index is 1040. The molecule has 174 valence electrons. The van der Waals surface area contributed by atoms with E-state index in [1.165, 1.54) is 0 Å². The summed E-state index contributed by atoms with van der Waals surface area (Å²) in [5.41, 5.74) is 3.80. The fourth-order valence-electron chi connectivity index (χ4n) is 4.17. The number of ether oxygens (including phenoxy) is 1. The third-order valence-electron chi connectivity index (χ3n) is 5.99. The first-order chi connectivity index (χ1) is 15.6. The van der Waals surface area contributed by atoms with Gasteiger partial charge in [-0.15, -0.1) is 0 Å². The van der Waals surface area contributed by atoms with Crippen LogP contribution < -0.4 is 5.32 Å². The zero-order valence-electron chi connectivity index (χ0n) is 17.3. The van der Waals surface area contributed by atoms with Gasteiger partial charge in [-0.05, 0) is 22.3 Å². The number of nitrogens with zero attached hydrogens (tertiary/aromatic N) is 1. The van der Waals surface area contributed by atoms with Crippen molar-refractivity contribution >= 4 is 18.0 Å². The third-order valence-corrected chi connectivity index (χ3v) is 5.99. The third kappa shape index (κ3) is 4.64. The Hall–Kier alpha value is -3.56. The topological polar surface area (TPSA) is 95.9 Å². The number of rotatable bonds is 6. The van der Waals surface area contributed by atoms with Gasteiger partial charge in [0.15, 0.2) is 0 Å². The van der Waals surface area contributed by atoms with Crippen molar-refractivity contribution in [3.63, 3.8) is 0 Å². The van der Waals surface area contributed by atoms with Crippen molar-refractivity contribution in [2.45, 2.75) is 24.6 Å². The lowest BCUT2D eigenvalue weighted by Gasteiger charge is -2.37. The quantitative estimate of drug-likeness (QED) is 0.686. The molecule has 2 aliphatic rings. The molecule has 1 saturated heterocycles. The van der Waals surface area contributed by atoms with E-state index in [2.05, 4.69) is 0 Å². The van der Waals surface area contributed by atoms with Crippen LogP contribution in [0.2, 0.25) is 0 Å². The Morgan fingerprint density at radius 2 is 1.58 bits per heavy atom. The maximum absolute atomic E-state index is 13.4. The highest BCUT2D eigenvalue weighted by Gasteiger charge is 2.45. The molecule has 0 saturated carbocycles. The van der Waals surface area contributed by atoms with Crippen molar-refractivity contribution in [1.82, 2.24) is 10.2 Å². The number of carboxylic acids is 1. The SMILES string of the molecule is O=C(NC(CC(=O)N1CC(C(=O)O)C1)C(F)(F)F)OCC1c2ccccc2-c2ccccc21. The molecule has 1 atom stereocenters. The zero-order chi connectivity index (χ0) is 23.8. The summed E-state index contributed by atoms with van der Waals surface area (Å²) < 4.78 is 45.4. The lowest BCUT2D eigenvalue weighted by atomic mass is 9.98. The van der Waals surface area contributed by atoms with Gasteiger partial charge in [0.2, 0.25) is 5.91 Å². The fraction of sp³-hybridized carbons (Fsp3) is 0.348. The Morgan fingerprint density at radius 3 is 2.09 bits per heavy atom. The highest BCUT2D eigenvalue weighted by Crippen LogP contribution is 2.44. The minimum atomic E-state index is -4.88. The van der Waals surface area contributed by atoms with Crippen molar-refractivity contribution in [2.24, 2.45) is 5.92 Å². The molecule has 2 aromatic carbocycles. The number of fused-ring (bicyclic) bond motifs is 3. The van der Waals surface area contributed by atoms with Crippen LogP contribution in [0.25, 0.3) is 11.1 Å². The van der Waals surface area contributed by atoms with Crippen LogP contribution in [0.3, 0.4) is 0 Å². The number of carboxylic acid groups (broad SMARTS) is 1. The van der Waals surface area contributed by atoms with E-state index in [0.717, 1.165) is 27.2 Å². The minimum absolute atomic E-state index is 0.149. The van der Waals surface area contributed by atoms with E-state index >= 15 is 0 Å². The van der Waals surface area contributed by atoms with Gasteiger partial charge in [0.1, 0.15) is 12.6 Å². The van der Waals surface area contributed by atoms with Crippen molar-refractivity contribution in [1.29, 1.82) is 0 Å². The smallest absolute Gasteiger partial charge is 0.409 e. The molecule has 10 heteroatoms. The molecule has 2 amide bonds. The van der Waals surface area contributed by atoms with E-state index in [-0.39, 0.29) is 25.6 Å². The molecule has 7 nitrogen and oxygen atoms in total. The summed E-state index contributed by atoms with van der Waals surface area (Å²) in [4.78, 5) is 36.2. The van der Waals surface area contributed by atoms with Gasteiger partial charge in [-0.25, -0.2) is 4.79 Å². The minimum Gasteiger partial charge on any atom is -0.481 e. The van der Waals surface area contributed by atoms with Crippen LogP contribution in [-0.2, 0) is 14.3 Å². The van der Waals surface area contributed by atoms with Crippen LogP contribution in [0.5, 0.6) is 0 Å². The summed E-state index contributed by atoms with van der Waals surface area (Å²) in [7, 11) is 0. The normalized spacial score (nSPS) is 16.4. The van der Waals surface area contributed by atoms with E-state index < -0.39 is 42.5 Å². The number of carbonyl (C=O) groups is 3. The molecule has 2 aromatic rings. The number of nitrogens with one attached hydrogen (secondary N) is 1. The van der Waals surface area contributed by atoms with Gasteiger partial charge in [-0.1, -0.05) is 48.5 Å². The van der Waals surface area contributed by atoms with Gasteiger partial charge in [-0.2, -0.15) is 13.2 Å². The van der Waals surface area contributed by atoms with Gasteiger partial charge >= 0.3 is 18.2 Å². The number of amides is 2. The van der Waals surface area contributed by atoms with Crippen LogP contribution in [0.15, 0.2) is 48.5 Å². The summed E-state index contributed by atoms with van der Waals surface area (Å²) in [5.74, 6) is -3.09. The Labute approximate surface area is 187 Å². The maximum Gasteiger partial charge on any atom is 0.409 e. The molecule has 1 aliphatic carbocycles. The van der Waals surface area contributed by atoms with Gasteiger partial charge in [0.25, 0.3) is 0 Å². The number of hydrogen-bond donors (Lipinski definition) is 2. The molecule has 4 rings (SSSR count). The average Bonchev–Trinajstić information content (AvgIpc) is 3.03. The van der Waals surface area contributed by atoms with Gasteiger partial charge in [0, 0.05) is 19.0 Å².